The van der Waals surface area contributed by atoms with Crippen LogP contribution in [-0.4, -0.2) is 90.8 Å². The van der Waals surface area contributed by atoms with E-state index in [4.69, 9.17) is 0 Å². The van der Waals surface area contributed by atoms with E-state index in [-0.39, 0.29) is 18.4 Å². The van der Waals surface area contributed by atoms with Crippen LogP contribution in [0, 0.1) is 5.41 Å². The third-order valence-electron chi connectivity index (χ3n) is 10.2. The Labute approximate surface area is 285 Å². The van der Waals surface area contributed by atoms with Crippen molar-refractivity contribution in [3.8, 4) is 22.6 Å². The number of rotatable bonds is 6. The molecule has 6 heterocycles. The van der Waals surface area contributed by atoms with Crippen LogP contribution in [0.1, 0.15) is 30.5 Å². The number of carbonyl (C=O) groups excluding carboxylic acids is 2. The van der Waals surface area contributed by atoms with Gasteiger partial charge >= 0.3 is 6.18 Å². The predicted octanol–water partition coefficient (Wildman–Crippen LogP) is 5.18. The maximum Gasteiger partial charge on any atom is 0.433 e. The SMILES string of the molecule is Cn1cnc(-c2ccc(C3=CCN(C(=O)CN4CC[C@]5(CCN(c6ccc7[nH]nc(-c8ccc(C(F)(F)F)nc8)c7c6)C5=O)C4)CC3)cc2)n1. The number of carbonyl (C=O) groups is 2. The van der Waals surface area contributed by atoms with Crippen molar-refractivity contribution in [1.29, 1.82) is 0 Å². The number of hydrogen-bond acceptors (Lipinski definition) is 7. The van der Waals surface area contributed by atoms with Crippen molar-refractivity contribution >= 4 is 34.0 Å². The minimum absolute atomic E-state index is 0.0310. The van der Waals surface area contributed by atoms with Crippen molar-refractivity contribution in [3.63, 3.8) is 0 Å². The normalized spacial score (nSPS) is 20.0. The molecule has 5 aromatic rings. The number of benzene rings is 2. The number of aryl methyl sites for hydroxylation is 1. The average molecular weight is 682 g/mol. The van der Waals surface area contributed by atoms with Crippen LogP contribution in [0.15, 0.2) is 73.2 Å². The lowest BCUT2D eigenvalue weighted by Gasteiger charge is -2.29. The molecular weight excluding hydrogens is 647 g/mol. The second kappa shape index (κ2) is 12.2. The first-order valence-electron chi connectivity index (χ1n) is 16.6. The zero-order valence-corrected chi connectivity index (χ0v) is 27.3. The Morgan fingerprint density at radius 1 is 0.960 bits per heavy atom. The zero-order chi connectivity index (χ0) is 34.6. The summed E-state index contributed by atoms with van der Waals surface area (Å²) in [5, 5.41) is 12.3. The Kier molecular flexibility index (Phi) is 7.77. The third-order valence-corrected chi connectivity index (χ3v) is 10.2. The highest BCUT2D eigenvalue weighted by molar-refractivity contribution is 6.03. The fourth-order valence-corrected chi connectivity index (χ4v) is 7.38. The van der Waals surface area contributed by atoms with Gasteiger partial charge in [0.25, 0.3) is 0 Å². The molecule has 3 aromatic heterocycles. The first-order valence-corrected chi connectivity index (χ1v) is 16.6. The summed E-state index contributed by atoms with van der Waals surface area (Å²) < 4.78 is 40.8. The van der Waals surface area contributed by atoms with Crippen LogP contribution in [0.5, 0.6) is 0 Å². The molecule has 2 amide bonds. The zero-order valence-electron chi connectivity index (χ0n) is 27.3. The Hall–Kier alpha value is -5.37. The molecule has 2 saturated heterocycles. The number of likely N-dealkylation sites (tertiary alicyclic amines) is 1. The lowest BCUT2D eigenvalue weighted by molar-refractivity contribution is -0.141. The van der Waals surface area contributed by atoms with Gasteiger partial charge in [0.15, 0.2) is 5.82 Å². The molecule has 3 aliphatic rings. The fourth-order valence-electron chi connectivity index (χ4n) is 7.38. The number of anilines is 1. The van der Waals surface area contributed by atoms with Crippen molar-refractivity contribution in [1.82, 2.24) is 39.7 Å². The van der Waals surface area contributed by atoms with Crippen molar-refractivity contribution in [2.24, 2.45) is 12.5 Å². The van der Waals surface area contributed by atoms with Crippen LogP contribution in [0.4, 0.5) is 18.9 Å². The van der Waals surface area contributed by atoms with E-state index < -0.39 is 17.3 Å². The molecule has 11 nitrogen and oxygen atoms in total. The molecule has 1 N–H and O–H groups in total. The minimum atomic E-state index is -4.53. The maximum absolute atomic E-state index is 13.9. The van der Waals surface area contributed by atoms with Gasteiger partial charge in [0, 0.05) is 61.6 Å². The van der Waals surface area contributed by atoms with Crippen LogP contribution in [0.3, 0.4) is 0 Å². The van der Waals surface area contributed by atoms with Crippen molar-refractivity contribution in [2.45, 2.75) is 25.4 Å². The quantitative estimate of drug-likeness (QED) is 0.263. The van der Waals surface area contributed by atoms with E-state index in [2.05, 4.69) is 48.4 Å². The van der Waals surface area contributed by atoms with Gasteiger partial charge in [-0.05, 0) is 67.3 Å². The van der Waals surface area contributed by atoms with Crippen molar-refractivity contribution in [3.05, 3.63) is 84.5 Å². The highest BCUT2D eigenvalue weighted by Gasteiger charge is 2.51. The number of nitrogens with one attached hydrogen (secondary N) is 1. The van der Waals surface area contributed by atoms with Gasteiger partial charge in [-0.15, -0.1) is 0 Å². The van der Waals surface area contributed by atoms with E-state index in [0.29, 0.717) is 79.2 Å². The van der Waals surface area contributed by atoms with Crippen molar-refractivity contribution in [2.75, 3.05) is 44.2 Å². The van der Waals surface area contributed by atoms with Crippen LogP contribution in [0.2, 0.25) is 0 Å². The van der Waals surface area contributed by atoms with Gasteiger partial charge in [0.2, 0.25) is 11.8 Å². The number of halogens is 3. The van der Waals surface area contributed by atoms with Gasteiger partial charge in [-0.1, -0.05) is 30.3 Å². The number of pyridine rings is 1. The number of H-pyrrole nitrogens is 1. The summed E-state index contributed by atoms with van der Waals surface area (Å²) in [7, 11) is 1.84. The van der Waals surface area contributed by atoms with E-state index in [0.717, 1.165) is 29.8 Å². The molecule has 0 bridgehead atoms. The number of aromatic nitrogens is 6. The lowest BCUT2D eigenvalue weighted by Crippen LogP contribution is -2.43. The molecule has 256 valence electrons. The van der Waals surface area contributed by atoms with Crippen LogP contribution >= 0.6 is 0 Å². The average Bonchev–Trinajstić information content (AvgIpc) is 3.92. The molecule has 1 spiro atoms. The molecule has 2 aromatic carbocycles. The van der Waals surface area contributed by atoms with Crippen LogP contribution < -0.4 is 4.90 Å². The Morgan fingerprint density at radius 2 is 1.74 bits per heavy atom. The van der Waals surface area contributed by atoms with Gasteiger partial charge in [-0.3, -0.25) is 29.3 Å². The number of alkyl halides is 3. The van der Waals surface area contributed by atoms with Gasteiger partial charge in [0.1, 0.15) is 17.7 Å². The number of nitrogens with zero attached hydrogens (tertiary/aromatic N) is 8. The summed E-state index contributed by atoms with van der Waals surface area (Å²) in [5.41, 5.74) is 4.07. The van der Waals surface area contributed by atoms with Crippen LogP contribution in [-0.2, 0) is 22.8 Å². The van der Waals surface area contributed by atoms with Gasteiger partial charge in [0.05, 0.1) is 17.5 Å². The Bertz CT molecular complexity index is 2120. The van der Waals surface area contributed by atoms with Gasteiger partial charge < -0.3 is 9.80 Å². The molecule has 1 atom stereocenters. The topological polar surface area (TPSA) is 116 Å². The van der Waals surface area contributed by atoms with Gasteiger partial charge in [-0.25, -0.2) is 4.98 Å². The highest BCUT2D eigenvalue weighted by Crippen LogP contribution is 2.43. The molecule has 0 aliphatic carbocycles. The summed E-state index contributed by atoms with van der Waals surface area (Å²) in [4.78, 5) is 41.0. The molecule has 0 saturated carbocycles. The molecule has 0 radical (unpaired) electrons. The van der Waals surface area contributed by atoms with Gasteiger partial charge in [-0.2, -0.15) is 23.4 Å². The van der Waals surface area contributed by atoms with E-state index in [9.17, 15) is 22.8 Å². The van der Waals surface area contributed by atoms with E-state index in [1.54, 1.807) is 15.9 Å². The first kappa shape index (κ1) is 31.9. The highest BCUT2D eigenvalue weighted by atomic mass is 19.4. The van der Waals surface area contributed by atoms with E-state index >= 15 is 0 Å². The smallest absolute Gasteiger partial charge is 0.338 e. The molecule has 0 unspecified atom stereocenters. The summed E-state index contributed by atoms with van der Waals surface area (Å²) in [6.45, 7) is 3.20. The Balaban J connectivity index is 0.895. The molecule has 2 fully saturated rings. The number of hydrogen-bond donors (Lipinski definition) is 1. The maximum atomic E-state index is 13.9. The van der Waals surface area contributed by atoms with E-state index in [1.165, 1.54) is 11.6 Å². The summed E-state index contributed by atoms with van der Waals surface area (Å²) in [6.07, 6.45) is 2.56. The molecule has 3 aliphatic heterocycles. The summed E-state index contributed by atoms with van der Waals surface area (Å²) in [5.74, 6) is 0.779. The fraction of sp³-hybridized carbons (Fsp3) is 0.333. The second-order valence-corrected chi connectivity index (χ2v) is 13.3. The van der Waals surface area contributed by atoms with Crippen molar-refractivity contribution < 1.29 is 22.8 Å². The summed E-state index contributed by atoms with van der Waals surface area (Å²) in [6, 6.07) is 16.0. The van der Waals surface area contributed by atoms with Crippen LogP contribution in [0.25, 0.3) is 39.1 Å². The molecular formula is C36H34F3N9O2. The molecule has 8 rings (SSSR count). The first-order chi connectivity index (χ1) is 24.1. The molecule has 14 heteroatoms. The van der Waals surface area contributed by atoms with E-state index in [1.807, 2.05) is 42.3 Å². The number of amides is 2. The predicted molar refractivity (Wildman–Crippen MR) is 180 cm³/mol. The number of aromatic amines is 1. The Morgan fingerprint density at radius 3 is 2.44 bits per heavy atom. The largest absolute Gasteiger partial charge is 0.433 e. The second-order valence-electron chi connectivity index (χ2n) is 13.3. The minimum Gasteiger partial charge on any atom is -0.338 e. The molecule has 50 heavy (non-hydrogen) atoms. The monoisotopic (exact) mass is 681 g/mol. The standard InChI is InChI=1S/C36H34F3N9O2/c1-45-22-41-33(44-45)25-4-2-23(3-5-25)24-10-14-47(15-11-24)31(49)20-46-16-12-35(21-46)13-17-48(34(35)50)27-7-8-29-28(18-27)32(43-42-29)26-6-9-30(40-19-26)36(37,38)39/h2-10,18-19,22H,11-17,20-21H2,1H3,(H,42,43)/t35-/m0/s1. The number of fused-ring (bicyclic) bond motifs is 1. The lowest BCUT2D eigenvalue weighted by atomic mass is 9.85. The third kappa shape index (κ3) is 5.82. The summed E-state index contributed by atoms with van der Waals surface area (Å²) >= 11 is 0.